The van der Waals surface area contributed by atoms with Crippen molar-refractivity contribution >= 4 is 35.4 Å². The number of hydrogen-bond acceptors (Lipinski definition) is 7. The molecule has 0 fully saturated rings. The summed E-state index contributed by atoms with van der Waals surface area (Å²) in [5, 5.41) is 11.1. The lowest BCUT2D eigenvalue weighted by Gasteiger charge is -2.38. The second kappa shape index (κ2) is 15.4. The van der Waals surface area contributed by atoms with Gasteiger partial charge in [0.15, 0.2) is 0 Å². The summed E-state index contributed by atoms with van der Waals surface area (Å²) in [4.78, 5) is 77.3. The number of nitrogens with one attached hydrogen (secondary N) is 4. The Morgan fingerprint density at radius 3 is 2.07 bits per heavy atom. The van der Waals surface area contributed by atoms with E-state index in [9.17, 15) is 28.8 Å². The van der Waals surface area contributed by atoms with E-state index in [-0.39, 0.29) is 38.0 Å². The highest BCUT2D eigenvalue weighted by atomic mass is 16.2. The van der Waals surface area contributed by atoms with E-state index in [2.05, 4.69) is 21.3 Å². The van der Waals surface area contributed by atoms with Gasteiger partial charge in [0.05, 0.1) is 12.6 Å². The summed E-state index contributed by atoms with van der Waals surface area (Å²) in [5.41, 5.74) is 0.110. The van der Waals surface area contributed by atoms with E-state index in [1.165, 1.54) is 4.90 Å². The molecular formula is C32H46N6O6. The van der Waals surface area contributed by atoms with Crippen molar-refractivity contribution in [2.24, 2.45) is 5.41 Å². The maximum Gasteiger partial charge on any atom is 0.253 e. The Morgan fingerprint density at radius 2 is 1.52 bits per heavy atom. The third kappa shape index (κ3) is 9.60. The maximum atomic E-state index is 13.5. The Balaban J connectivity index is 1.94. The molecule has 1 aromatic rings. The van der Waals surface area contributed by atoms with Crippen molar-refractivity contribution < 1.29 is 28.8 Å². The van der Waals surface area contributed by atoms with Crippen molar-refractivity contribution in [2.75, 3.05) is 40.3 Å². The quantitative estimate of drug-likeness (QED) is 0.178. The number of carbonyl (C=O) groups excluding carboxylic acids is 6. The van der Waals surface area contributed by atoms with Crippen molar-refractivity contribution in [3.05, 3.63) is 59.7 Å². The van der Waals surface area contributed by atoms with E-state index in [1.807, 2.05) is 65.0 Å². The number of amides is 6. The van der Waals surface area contributed by atoms with Gasteiger partial charge in [-0.3, -0.25) is 33.7 Å². The Kier molecular flexibility index (Phi) is 12.6. The molecule has 1 heterocycles. The summed E-state index contributed by atoms with van der Waals surface area (Å²) < 4.78 is 0. The monoisotopic (exact) mass is 610 g/mol. The van der Waals surface area contributed by atoms with Gasteiger partial charge in [-0.25, -0.2) is 0 Å². The molecule has 2 unspecified atom stereocenters. The zero-order valence-corrected chi connectivity index (χ0v) is 26.9. The number of rotatable bonds is 14. The van der Waals surface area contributed by atoms with Crippen LogP contribution in [-0.2, 0) is 34.2 Å². The Morgan fingerprint density at radius 1 is 0.932 bits per heavy atom. The molecule has 0 aliphatic carbocycles. The van der Waals surface area contributed by atoms with Crippen LogP contribution >= 0.6 is 0 Å². The normalized spacial score (nSPS) is 15.1. The number of imide groups is 1. The van der Waals surface area contributed by atoms with Gasteiger partial charge in [-0.15, -0.1) is 0 Å². The van der Waals surface area contributed by atoms with Gasteiger partial charge in [0.2, 0.25) is 23.6 Å². The molecule has 1 aliphatic rings. The summed E-state index contributed by atoms with van der Waals surface area (Å²) in [5.74, 6) is -2.46. The molecule has 4 N–H and O–H groups in total. The van der Waals surface area contributed by atoms with Gasteiger partial charge in [-0.05, 0) is 24.9 Å². The molecule has 0 radical (unpaired) electrons. The van der Waals surface area contributed by atoms with Crippen LogP contribution in [-0.4, -0.2) is 97.6 Å². The number of hydrogen-bond donors (Lipinski definition) is 4. The molecule has 240 valence electrons. The minimum Gasteiger partial charge on any atom is -0.353 e. The van der Waals surface area contributed by atoms with Crippen LogP contribution in [0.2, 0.25) is 0 Å². The van der Waals surface area contributed by atoms with E-state index in [4.69, 9.17) is 0 Å². The fourth-order valence-electron chi connectivity index (χ4n) is 4.73. The van der Waals surface area contributed by atoms with E-state index in [1.54, 1.807) is 27.1 Å². The average Bonchev–Trinajstić information content (AvgIpc) is 3.29. The lowest BCUT2D eigenvalue weighted by atomic mass is 9.76. The number of likely N-dealkylation sites (N-methyl/N-ethyl adjacent to an activating group) is 2. The number of carbonyl (C=O) groups is 6. The maximum absolute atomic E-state index is 13.5. The number of nitrogens with zero attached hydrogens (tertiary/aromatic N) is 2. The lowest BCUT2D eigenvalue weighted by Crippen LogP contribution is -2.60. The predicted octanol–water partition coefficient (Wildman–Crippen LogP) is 0.645. The molecule has 0 saturated carbocycles. The van der Waals surface area contributed by atoms with Gasteiger partial charge >= 0.3 is 0 Å². The van der Waals surface area contributed by atoms with Crippen LogP contribution < -0.4 is 21.3 Å². The summed E-state index contributed by atoms with van der Waals surface area (Å²) in [6.45, 7) is 11.0. The van der Waals surface area contributed by atoms with Crippen LogP contribution in [0.3, 0.4) is 0 Å². The zero-order valence-electron chi connectivity index (χ0n) is 26.9. The van der Waals surface area contributed by atoms with E-state index < -0.39 is 46.5 Å². The molecule has 2 rings (SSSR count). The van der Waals surface area contributed by atoms with Gasteiger partial charge in [0.25, 0.3) is 11.8 Å². The molecule has 1 aliphatic heterocycles. The van der Waals surface area contributed by atoms with Crippen molar-refractivity contribution in [1.82, 2.24) is 31.1 Å². The second-order valence-corrected chi connectivity index (χ2v) is 12.4. The molecule has 44 heavy (non-hydrogen) atoms. The Labute approximate surface area is 259 Å². The third-order valence-electron chi connectivity index (χ3n) is 7.56. The minimum atomic E-state index is -0.837. The Bertz CT molecular complexity index is 1280. The first-order chi connectivity index (χ1) is 20.5. The Hall–Kier alpha value is -4.32. The first kappa shape index (κ1) is 35.9. The molecule has 6 amide bonds. The fraction of sp³-hybridized carbons (Fsp3) is 0.500. The van der Waals surface area contributed by atoms with E-state index in [0.29, 0.717) is 5.57 Å². The first-order valence-corrected chi connectivity index (χ1v) is 14.5. The topological polar surface area (TPSA) is 157 Å². The molecule has 2 atom stereocenters. The summed E-state index contributed by atoms with van der Waals surface area (Å²) in [6.07, 6.45) is 3.90. The van der Waals surface area contributed by atoms with Gasteiger partial charge < -0.3 is 26.2 Å². The third-order valence-corrected chi connectivity index (χ3v) is 7.56. The molecule has 12 heteroatoms. The highest BCUT2D eigenvalue weighted by molar-refractivity contribution is 6.12. The highest BCUT2D eigenvalue weighted by Crippen LogP contribution is 2.28. The minimum absolute atomic E-state index is 0.0278. The largest absolute Gasteiger partial charge is 0.353 e. The standard InChI is InChI=1S/C32H46N6O6/c1-21(28(42)35-20-23(39)34-17-19-38-24(40)14-15-25(38)41)16-18-37(8)30(44)27(31(2,3)4)36-29(43)26(33-7)32(5,6)22-12-10-9-11-13-22/h9-16,26-27,33H,17-20H2,1-8H3,(H,34,39)(H,35,42)(H,36,43)/b21-16+. The SMILES string of the molecule is CNC(C(=O)NC(C(=O)N(C)C/C=C(\C)C(=O)NCC(=O)NCCN1C(=O)C=CC1=O)C(C)(C)C)C(C)(C)c1ccccc1. The van der Waals surface area contributed by atoms with E-state index in [0.717, 1.165) is 22.6 Å². The molecule has 0 spiro atoms. The number of benzene rings is 1. The van der Waals surface area contributed by atoms with Crippen LogP contribution in [0.4, 0.5) is 0 Å². The molecular weight excluding hydrogens is 564 g/mol. The fourth-order valence-corrected chi connectivity index (χ4v) is 4.73. The van der Waals surface area contributed by atoms with Gasteiger partial charge in [0, 0.05) is 49.8 Å². The molecule has 1 aromatic carbocycles. The lowest BCUT2D eigenvalue weighted by molar-refractivity contribution is -0.139. The molecule has 12 nitrogen and oxygen atoms in total. The molecule has 0 bridgehead atoms. The smallest absolute Gasteiger partial charge is 0.253 e. The van der Waals surface area contributed by atoms with Crippen molar-refractivity contribution in [1.29, 1.82) is 0 Å². The molecule has 0 saturated heterocycles. The molecule has 0 aromatic heterocycles. The van der Waals surface area contributed by atoms with Gasteiger partial charge in [-0.1, -0.05) is 71.0 Å². The first-order valence-electron chi connectivity index (χ1n) is 14.5. The van der Waals surface area contributed by atoms with Gasteiger partial charge in [0.1, 0.15) is 6.04 Å². The highest BCUT2D eigenvalue weighted by Gasteiger charge is 2.40. The van der Waals surface area contributed by atoms with Crippen LogP contribution in [0.25, 0.3) is 0 Å². The average molecular weight is 611 g/mol. The van der Waals surface area contributed by atoms with Crippen LogP contribution in [0.5, 0.6) is 0 Å². The van der Waals surface area contributed by atoms with Crippen LogP contribution in [0.15, 0.2) is 54.1 Å². The zero-order chi connectivity index (χ0) is 33.2. The van der Waals surface area contributed by atoms with Crippen molar-refractivity contribution in [2.45, 2.75) is 59.0 Å². The summed E-state index contributed by atoms with van der Waals surface area (Å²) >= 11 is 0. The van der Waals surface area contributed by atoms with Crippen molar-refractivity contribution in [3.63, 3.8) is 0 Å². The summed E-state index contributed by atoms with van der Waals surface area (Å²) in [7, 11) is 3.31. The van der Waals surface area contributed by atoms with Crippen LogP contribution in [0.1, 0.15) is 47.1 Å². The summed E-state index contributed by atoms with van der Waals surface area (Å²) in [6, 6.07) is 8.25. The van der Waals surface area contributed by atoms with Gasteiger partial charge in [-0.2, -0.15) is 0 Å². The predicted molar refractivity (Wildman–Crippen MR) is 167 cm³/mol. The second-order valence-electron chi connectivity index (χ2n) is 12.4. The van der Waals surface area contributed by atoms with E-state index >= 15 is 0 Å². The van der Waals surface area contributed by atoms with Crippen LogP contribution in [0, 0.1) is 5.41 Å². The van der Waals surface area contributed by atoms with Crippen molar-refractivity contribution in [3.8, 4) is 0 Å².